The van der Waals surface area contributed by atoms with E-state index in [1.807, 2.05) is 49.4 Å². The lowest BCUT2D eigenvalue weighted by Gasteiger charge is -2.09. The van der Waals surface area contributed by atoms with Crippen molar-refractivity contribution >= 4 is 79.8 Å². The normalized spacial score (nSPS) is 16.6. The summed E-state index contributed by atoms with van der Waals surface area (Å²) in [5.74, 6) is 0.700. The molecule has 0 radical (unpaired) electrons. The Bertz CT molecular complexity index is 930. The number of aryl methyl sites for hydroxylation is 1. The summed E-state index contributed by atoms with van der Waals surface area (Å²) in [5.41, 5.74) is 2.94. The Hall–Kier alpha value is -1.33. The third kappa shape index (κ3) is 5.35. The van der Waals surface area contributed by atoms with Gasteiger partial charge in [-0.2, -0.15) is 0 Å². The first-order valence-corrected chi connectivity index (χ1v) is 11.0. The van der Waals surface area contributed by atoms with Crippen LogP contribution in [0.5, 0.6) is 5.75 Å². The molecule has 0 spiro atoms. The van der Waals surface area contributed by atoms with Crippen LogP contribution in [0.1, 0.15) is 11.1 Å². The molecule has 1 N–H and O–H groups in total. The third-order valence-corrected chi connectivity index (χ3v) is 6.09. The summed E-state index contributed by atoms with van der Waals surface area (Å²) >= 11 is 5.82. The topological polar surface area (TPSA) is 50.7 Å². The molecule has 27 heavy (non-hydrogen) atoms. The van der Waals surface area contributed by atoms with Crippen LogP contribution in [0.15, 0.2) is 59.0 Å². The number of hydrogen-bond donors (Lipinski definition) is 1. The van der Waals surface area contributed by atoms with Crippen molar-refractivity contribution in [3.63, 3.8) is 0 Å². The monoisotopic (exact) mass is 602 g/mol. The number of carbonyl (C=O) groups excluding carboxylic acids is 1. The Kier molecular flexibility index (Phi) is 6.99. The van der Waals surface area contributed by atoms with Crippen LogP contribution in [-0.4, -0.2) is 17.7 Å². The van der Waals surface area contributed by atoms with Crippen molar-refractivity contribution in [3.8, 4) is 5.75 Å². The van der Waals surface area contributed by atoms with Gasteiger partial charge in [0.1, 0.15) is 12.4 Å². The number of amides is 1. The predicted octanol–water partition coefficient (Wildman–Crippen LogP) is 5.66. The van der Waals surface area contributed by atoms with Crippen molar-refractivity contribution in [2.75, 3.05) is 6.61 Å². The molecule has 2 aromatic rings. The van der Waals surface area contributed by atoms with E-state index in [9.17, 15) is 4.79 Å². The van der Waals surface area contributed by atoms with Gasteiger partial charge >= 0.3 is 0 Å². The van der Waals surface area contributed by atoms with E-state index in [1.54, 1.807) is 6.08 Å². The largest absolute Gasteiger partial charge is 0.487 e. The second kappa shape index (κ2) is 9.24. The number of amidine groups is 1. The van der Waals surface area contributed by atoms with Gasteiger partial charge in [-0.1, -0.05) is 30.4 Å². The average molecular weight is 602 g/mol. The molecule has 0 aliphatic carbocycles. The Labute approximate surface area is 189 Å². The van der Waals surface area contributed by atoms with E-state index in [4.69, 9.17) is 4.74 Å². The van der Waals surface area contributed by atoms with E-state index >= 15 is 0 Å². The van der Waals surface area contributed by atoms with Gasteiger partial charge in [0.25, 0.3) is 5.91 Å². The van der Waals surface area contributed by atoms with Gasteiger partial charge in [0.05, 0.1) is 17.7 Å². The molecule has 2 aromatic carbocycles. The number of ether oxygens (including phenoxy) is 1. The van der Waals surface area contributed by atoms with Gasteiger partial charge in [-0.3, -0.25) is 4.79 Å². The Morgan fingerprint density at radius 1 is 1.22 bits per heavy atom. The van der Waals surface area contributed by atoms with Crippen molar-refractivity contribution < 1.29 is 9.53 Å². The molecule has 1 amide bonds. The Morgan fingerprint density at radius 3 is 2.52 bits per heavy atom. The van der Waals surface area contributed by atoms with Gasteiger partial charge < -0.3 is 10.1 Å². The number of nitrogens with zero attached hydrogens (tertiary/aromatic N) is 1. The quantitative estimate of drug-likeness (QED) is 0.273. The standard InChI is InChI=1S/C20H16I2N2O2S/c1-3-8-26-18-15(21)9-13(10-16(18)22)11-17-19(25)24-20(27-17)23-14-6-4-12(2)5-7-14/h3-7,9-11H,1,8H2,2H3,(H,23,24,25)/b17-11+. The highest BCUT2D eigenvalue weighted by molar-refractivity contribution is 14.1. The summed E-state index contributed by atoms with van der Waals surface area (Å²) in [5, 5.41) is 3.41. The van der Waals surface area contributed by atoms with Gasteiger partial charge in [0.2, 0.25) is 0 Å². The van der Waals surface area contributed by atoms with E-state index in [2.05, 4.69) is 62.1 Å². The molecule has 4 nitrogen and oxygen atoms in total. The number of benzene rings is 2. The molecular weight excluding hydrogens is 586 g/mol. The summed E-state index contributed by atoms with van der Waals surface area (Å²) < 4.78 is 7.68. The number of thioether (sulfide) groups is 1. The molecule has 1 fully saturated rings. The number of hydrogen-bond acceptors (Lipinski definition) is 4. The van der Waals surface area contributed by atoms with Crippen molar-refractivity contribution in [2.24, 2.45) is 4.99 Å². The third-order valence-electron chi connectivity index (χ3n) is 3.58. The Balaban J connectivity index is 1.82. The van der Waals surface area contributed by atoms with Gasteiger partial charge in [0.15, 0.2) is 5.17 Å². The molecular formula is C20H16I2N2O2S. The molecule has 0 aromatic heterocycles. The SMILES string of the molecule is C=CCOc1c(I)cc(/C=C2/SC(=Nc3ccc(C)cc3)NC2=O)cc1I. The number of rotatable bonds is 5. The molecule has 1 saturated heterocycles. The minimum Gasteiger partial charge on any atom is -0.487 e. The van der Waals surface area contributed by atoms with Crippen molar-refractivity contribution in [3.05, 3.63) is 72.2 Å². The van der Waals surface area contributed by atoms with E-state index in [0.29, 0.717) is 16.7 Å². The van der Waals surface area contributed by atoms with Crippen LogP contribution < -0.4 is 10.1 Å². The smallest absolute Gasteiger partial charge is 0.264 e. The lowest BCUT2D eigenvalue weighted by Crippen LogP contribution is -2.19. The zero-order valence-corrected chi connectivity index (χ0v) is 19.6. The molecule has 0 saturated carbocycles. The summed E-state index contributed by atoms with van der Waals surface area (Å²) in [6.45, 7) is 6.16. The maximum Gasteiger partial charge on any atom is 0.264 e. The maximum atomic E-state index is 12.3. The molecule has 3 rings (SSSR count). The Morgan fingerprint density at radius 2 is 1.89 bits per heavy atom. The predicted molar refractivity (Wildman–Crippen MR) is 130 cm³/mol. The number of carbonyl (C=O) groups is 1. The molecule has 0 bridgehead atoms. The van der Waals surface area contributed by atoms with Gasteiger partial charge in [0, 0.05) is 0 Å². The van der Waals surface area contributed by atoms with Gasteiger partial charge in [-0.05, 0) is 99.8 Å². The van der Waals surface area contributed by atoms with Crippen LogP contribution >= 0.6 is 56.9 Å². The van der Waals surface area contributed by atoms with Gasteiger partial charge in [-0.25, -0.2) is 4.99 Å². The molecule has 1 aliphatic rings. The van der Waals surface area contributed by atoms with Crippen molar-refractivity contribution in [2.45, 2.75) is 6.92 Å². The molecule has 7 heteroatoms. The van der Waals surface area contributed by atoms with E-state index in [0.717, 1.165) is 24.1 Å². The second-order valence-corrected chi connectivity index (χ2v) is 9.09. The summed E-state index contributed by atoms with van der Waals surface area (Å²) in [7, 11) is 0. The van der Waals surface area contributed by atoms with Crippen LogP contribution in [0.4, 0.5) is 5.69 Å². The number of halogens is 2. The molecule has 0 atom stereocenters. The average Bonchev–Trinajstić information content (AvgIpc) is 2.95. The van der Waals surface area contributed by atoms with Gasteiger partial charge in [-0.15, -0.1) is 0 Å². The molecule has 0 unspecified atom stereocenters. The minimum absolute atomic E-state index is 0.136. The van der Waals surface area contributed by atoms with E-state index in [1.165, 1.54) is 17.3 Å². The first-order valence-electron chi connectivity index (χ1n) is 8.05. The highest BCUT2D eigenvalue weighted by atomic mass is 127. The van der Waals surface area contributed by atoms with Crippen LogP contribution in [0.2, 0.25) is 0 Å². The number of nitrogens with one attached hydrogen (secondary N) is 1. The fourth-order valence-electron chi connectivity index (χ4n) is 2.31. The number of aliphatic imine (C=N–C) groups is 1. The highest BCUT2D eigenvalue weighted by Crippen LogP contribution is 2.32. The fraction of sp³-hybridized carbons (Fsp3) is 0.100. The van der Waals surface area contributed by atoms with Crippen LogP contribution in [0.25, 0.3) is 6.08 Å². The lowest BCUT2D eigenvalue weighted by molar-refractivity contribution is -0.115. The minimum atomic E-state index is -0.136. The lowest BCUT2D eigenvalue weighted by atomic mass is 10.2. The van der Waals surface area contributed by atoms with Crippen LogP contribution in [0, 0.1) is 14.1 Å². The second-order valence-electron chi connectivity index (χ2n) is 5.73. The molecule has 1 aliphatic heterocycles. The fourth-order valence-corrected chi connectivity index (χ4v) is 5.28. The van der Waals surface area contributed by atoms with E-state index in [-0.39, 0.29) is 5.91 Å². The van der Waals surface area contributed by atoms with E-state index < -0.39 is 0 Å². The van der Waals surface area contributed by atoms with Crippen LogP contribution in [0.3, 0.4) is 0 Å². The molecule has 138 valence electrons. The van der Waals surface area contributed by atoms with Crippen molar-refractivity contribution in [1.29, 1.82) is 0 Å². The summed E-state index contributed by atoms with van der Waals surface area (Å²) in [6, 6.07) is 11.9. The van der Waals surface area contributed by atoms with Crippen molar-refractivity contribution in [1.82, 2.24) is 5.32 Å². The first-order chi connectivity index (χ1) is 13.0. The van der Waals surface area contributed by atoms with Crippen LogP contribution in [-0.2, 0) is 4.79 Å². The first kappa shape index (κ1) is 20.4. The highest BCUT2D eigenvalue weighted by Gasteiger charge is 2.24. The summed E-state index contributed by atoms with van der Waals surface area (Å²) in [4.78, 5) is 17.4. The zero-order valence-electron chi connectivity index (χ0n) is 14.5. The molecule has 1 heterocycles. The maximum absolute atomic E-state index is 12.3. The summed E-state index contributed by atoms with van der Waals surface area (Å²) in [6.07, 6.45) is 3.59. The zero-order chi connectivity index (χ0) is 19.4.